The van der Waals surface area contributed by atoms with E-state index in [2.05, 4.69) is 10.0 Å². The molecule has 1 fully saturated rings. The van der Waals surface area contributed by atoms with Gasteiger partial charge in [0.25, 0.3) is 15.9 Å². The van der Waals surface area contributed by atoms with Crippen LogP contribution in [-0.2, 0) is 16.2 Å². The molecule has 1 aliphatic carbocycles. The van der Waals surface area contributed by atoms with E-state index in [0.29, 0.717) is 5.56 Å². The number of carbonyl (C=O) groups excluding carboxylic acids is 1. The molecule has 2 N–H and O–H groups in total. The third-order valence-electron chi connectivity index (χ3n) is 5.17. The number of benzene rings is 2. The predicted molar refractivity (Wildman–Crippen MR) is 108 cm³/mol. The summed E-state index contributed by atoms with van der Waals surface area (Å²) in [5.41, 5.74) is 0.0203. The Morgan fingerprint density at radius 2 is 1.63 bits per heavy atom. The smallest absolute Gasteiger partial charge is 0.349 e. The molecule has 0 bridgehead atoms. The fraction of sp³-hybridized carbons (Fsp3) is 0.381. The molecule has 0 saturated heterocycles. The second-order valence-corrected chi connectivity index (χ2v) is 9.15. The average Bonchev–Trinajstić information content (AvgIpc) is 2.68. The number of aryl methyl sites for hydroxylation is 1. The van der Waals surface area contributed by atoms with Gasteiger partial charge in [0.1, 0.15) is 0 Å². The molecule has 162 valence electrons. The average molecular weight is 440 g/mol. The van der Waals surface area contributed by atoms with E-state index < -0.39 is 21.8 Å². The van der Waals surface area contributed by atoms with Crippen molar-refractivity contribution in [1.82, 2.24) is 5.32 Å². The third-order valence-corrected chi connectivity index (χ3v) is 6.55. The maximum atomic E-state index is 12.7. The molecule has 2 aromatic carbocycles. The van der Waals surface area contributed by atoms with E-state index in [-0.39, 0.29) is 28.1 Å². The molecular weight excluding hydrogens is 417 g/mol. The number of carbonyl (C=O) groups is 1. The molecule has 1 saturated carbocycles. The summed E-state index contributed by atoms with van der Waals surface area (Å²) < 4.78 is 65.7. The molecule has 0 unspecified atom stereocenters. The van der Waals surface area contributed by atoms with Crippen LogP contribution in [0.4, 0.5) is 18.9 Å². The lowest BCUT2D eigenvalue weighted by Gasteiger charge is -2.23. The number of anilines is 1. The highest BCUT2D eigenvalue weighted by molar-refractivity contribution is 7.92. The zero-order valence-electron chi connectivity index (χ0n) is 16.4. The van der Waals surface area contributed by atoms with Crippen molar-refractivity contribution in [1.29, 1.82) is 0 Å². The van der Waals surface area contributed by atoms with Crippen LogP contribution >= 0.6 is 0 Å². The largest absolute Gasteiger partial charge is 0.416 e. The van der Waals surface area contributed by atoms with E-state index in [1.54, 1.807) is 6.92 Å². The Bertz CT molecular complexity index is 1010. The fourth-order valence-corrected chi connectivity index (χ4v) is 4.55. The Morgan fingerprint density at radius 3 is 2.23 bits per heavy atom. The lowest BCUT2D eigenvalue weighted by molar-refractivity contribution is -0.137. The highest BCUT2D eigenvalue weighted by Gasteiger charge is 2.30. The zero-order valence-corrected chi connectivity index (χ0v) is 17.2. The van der Waals surface area contributed by atoms with E-state index in [1.807, 2.05) is 0 Å². The number of amides is 1. The minimum Gasteiger partial charge on any atom is -0.349 e. The number of hydrogen-bond acceptors (Lipinski definition) is 3. The van der Waals surface area contributed by atoms with E-state index in [1.165, 1.54) is 18.2 Å². The standard InChI is InChI=1S/C21H23F3N2O3S/c1-14-7-12-18(13-19(14)20(27)25-16-5-3-2-4-6-16)30(28,29)26-17-10-8-15(9-11-17)21(22,23)24/h7-13,16,26H,2-6H2,1H3,(H,25,27). The summed E-state index contributed by atoms with van der Waals surface area (Å²) >= 11 is 0. The fourth-order valence-electron chi connectivity index (χ4n) is 3.46. The van der Waals surface area contributed by atoms with Gasteiger partial charge < -0.3 is 5.32 Å². The SMILES string of the molecule is Cc1ccc(S(=O)(=O)Nc2ccc(C(F)(F)F)cc2)cc1C(=O)NC1CCCCC1. The molecule has 0 heterocycles. The van der Waals surface area contributed by atoms with Gasteiger partial charge in [-0.1, -0.05) is 25.3 Å². The first-order chi connectivity index (χ1) is 14.1. The van der Waals surface area contributed by atoms with Crippen LogP contribution in [0.5, 0.6) is 0 Å². The van der Waals surface area contributed by atoms with Crippen molar-refractivity contribution >= 4 is 21.6 Å². The van der Waals surface area contributed by atoms with Crippen LogP contribution in [-0.4, -0.2) is 20.4 Å². The van der Waals surface area contributed by atoms with Crippen LogP contribution in [0.15, 0.2) is 47.4 Å². The van der Waals surface area contributed by atoms with Gasteiger partial charge in [-0.3, -0.25) is 9.52 Å². The second kappa shape index (κ2) is 8.67. The van der Waals surface area contributed by atoms with Crippen LogP contribution in [0, 0.1) is 6.92 Å². The van der Waals surface area contributed by atoms with E-state index in [0.717, 1.165) is 56.4 Å². The topological polar surface area (TPSA) is 75.3 Å². The van der Waals surface area contributed by atoms with Crippen LogP contribution in [0.3, 0.4) is 0 Å². The summed E-state index contributed by atoms with van der Waals surface area (Å²) in [7, 11) is -4.08. The van der Waals surface area contributed by atoms with Gasteiger partial charge in [0.15, 0.2) is 0 Å². The first-order valence-corrected chi connectivity index (χ1v) is 11.2. The second-order valence-electron chi connectivity index (χ2n) is 7.47. The van der Waals surface area contributed by atoms with Crippen molar-refractivity contribution in [3.05, 3.63) is 59.2 Å². The van der Waals surface area contributed by atoms with Crippen LogP contribution in [0.1, 0.15) is 53.6 Å². The first-order valence-electron chi connectivity index (χ1n) is 9.68. The van der Waals surface area contributed by atoms with Gasteiger partial charge in [0, 0.05) is 17.3 Å². The molecule has 9 heteroatoms. The normalized spacial score (nSPS) is 15.6. The summed E-state index contributed by atoms with van der Waals surface area (Å²) in [5, 5.41) is 2.96. The van der Waals surface area contributed by atoms with Crippen LogP contribution in [0.2, 0.25) is 0 Å². The molecule has 2 aromatic rings. The number of alkyl halides is 3. The van der Waals surface area contributed by atoms with E-state index in [9.17, 15) is 26.4 Å². The summed E-state index contributed by atoms with van der Waals surface area (Å²) in [5.74, 6) is -0.328. The quantitative estimate of drug-likeness (QED) is 0.696. The first kappa shape index (κ1) is 22.1. The highest BCUT2D eigenvalue weighted by atomic mass is 32.2. The maximum Gasteiger partial charge on any atom is 0.416 e. The van der Waals surface area contributed by atoms with Gasteiger partial charge in [-0.15, -0.1) is 0 Å². The molecule has 30 heavy (non-hydrogen) atoms. The number of sulfonamides is 1. The molecule has 3 rings (SSSR count). The Labute approximate surface area is 173 Å². The van der Waals surface area contributed by atoms with Crippen molar-refractivity contribution in [2.75, 3.05) is 4.72 Å². The Hall–Kier alpha value is -2.55. The van der Waals surface area contributed by atoms with Gasteiger partial charge in [0.2, 0.25) is 0 Å². The molecule has 0 radical (unpaired) electrons. The Balaban J connectivity index is 1.79. The Kier molecular flexibility index (Phi) is 6.40. The van der Waals surface area contributed by atoms with Gasteiger partial charge >= 0.3 is 6.18 Å². The van der Waals surface area contributed by atoms with Crippen molar-refractivity contribution < 1.29 is 26.4 Å². The third kappa shape index (κ3) is 5.33. The number of nitrogens with one attached hydrogen (secondary N) is 2. The highest BCUT2D eigenvalue weighted by Crippen LogP contribution is 2.30. The predicted octanol–water partition coefficient (Wildman–Crippen LogP) is 4.88. The minimum absolute atomic E-state index is 0.00298. The van der Waals surface area contributed by atoms with Crippen molar-refractivity contribution in [2.24, 2.45) is 0 Å². The summed E-state index contributed by atoms with van der Waals surface area (Å²) in [4.78, 5) is 12.5. The zero-order chi connectivity index (χ0) is 21.9. The molecule has 1 amide bonds. The van der Waals surface area contributed by atoms with Gasteiger partial charge in [-0.05, 0) is 61.7 Å². The van der Waals surface area contributed by atoms with E-state index >= 15 is 0 Å². The van der Waals surface area contributed by atoms with Crippen molar-refractivity contribution in [3.8, 4) is 0 Å². The number of halogens is 3. The van der Waals surface area contributed by atoms with Crippen molar-refractivity contribution in [2.45, 2.75) is 56.1 Å². The number of rotatable bonds is 5. The minimum atomic E-state index is -4.51. The summed E-state index contributed by atoms with van der Waals surface area (Å²) in [6, 6.07) is 7.97. The lowest BCUT2D eigenvalue weighted by atomic mass is 9.95. The summed E-state index contributed by atoms with van der Waals surface area (Å²) in [6.07, 6.45) is 0.547. The van der Waals surface area contributed by atoms with Gasteiger partial charge in [-0.2, -0.15) is 13.2 Å². The number of hydrogen-bond donors (Lipinski definition) is 2. The monoisotopic (exact) mass is 440 g/mol. The van der Waals surface area contributed by atoms with E-state index in [4.69, 9.17) is 0 Å². The van der Waals surface area contributed by atoms with Crippen LogP contribution in [0.25, 0.3) is 0 Å². The molecular formula is C21H23F3N2O3S. The molecule has 0 spiro atoms. The molecule has 0 atom stereocenters. The summed E-state index contributed by atoms with van der Waals surface area (Å²) in [6.45, 7) is 1.72. The molecule has 0 aromatic heterocycles. The van der Waals surface area contributed by atoms with Crippen LogP contribution < -0.4 is 10.0 Å². The molecule has 1 aliphatic rings. The maximum absolute atomic E-state index is 12.7. The van der Waals surface area contributed by atoms with Gasteiger partial charge in [-0.25, -0.2) is 8.42 Å². The molecule has 0 aliphatic heterocycles. The van der Waals surface area contributed by atoms with Crippen molar-refractivity contribution in [3.63, 3.8) is 0 Å². The lowest BCUT2D eigenvalue weighted by Crippen LogP contribution is -2.36. The Morgan fingerprint density at radius 1 is 1.00 bits per heavy atom. The van der Waals surface area contributed by atoms with Gasteiger partial charge in [0.05, 0.1) is 10.5 Å². The molecule has 5 nitrogen and oxygen atoms in total.